The van der Waals surface area contributed by atoms with Crippen molar-refractivity contribution in [2.45, 2.75) is 32.2 Å². The fourth-order valence-corrected chi connectivity index (χ4v) is 2.79. The average molecular weight is 232 g/mol. The molecule has 0 radical (unpaired) electrons. The third-order valence-electron chi connectivity index (χ3n) is 4.04. The van der Waals surface area contributed by atoms with Gasteiger partial charge in [0.1, 0.15) is 0 Å². The first-order valence-electron chi connectivity index (χ1n) is 6.53. The maximum atomic E-state index is 3.42. The zero-order chi connectivity index (χ0) is 12.4. The van der Waals surface area contributed by atoms with Gasteiger partial charge in [-0.15, -0.1) is 0 Å². The van der Waals surface area contributed by atoms with E-state index < -0.39 is 0 Å². The van der Waals surface area contributed by atoms with E-state index in [1.165, 1.54) is 29.7 Å². The number of nitrogens with one attached hydrogen (secondary N) is 1. The molecule has 2 heteroatoms. The highest BCUT2D eigenvalue weighted by Gasteiger charge is 2.25. The number of hydrogen-bond acceptors (Lipinski definition) is 2. The van der Waals surface area contributed by atoms with E-state index in [4.69, 9.17) is 0 Å². The van der Waals surface area contributed by atoms with Gasteiger partial charge in [0.05, 0.1) is 0 Å². The minimum absolute atomic E-state index is 0.625. The summed E-state index contributed by atoms with van der Waals surface area (Å²) < 4.78 is 0. The fourth-order valence-electron chi connectivity index (χ4n) is 2.79. The lowest BCUT2D eigenvalue weighted by Crippen LogP contribution is -2.45. The SMILES string of the molecule is CNC1CC(c2ccc(C)c(C)c2)CN(C)C1. The molecule has 2 unspecified atom stereocenters. The van der Waals surface area contributed by atoms with Crippen LogP contribution in [0.15, 0.2) is 18.2 Å². The summed E-state index contributed by atoms with van der Waals surface area (Å²) in [6.07, 6.45) is 1.25. The Bertz CT molecular complexity index is 387. The predicted molar refractivity (Wildman–Crippen MR) is 73.6 cm³/mol. The van der Waals surface area contributed by atoms with Crippen LogP contribution in [-0.4, -0.2) is 38.1 Å². The number of aryl methyl sites for hydroxylation is 2. The first-order valence-corrected chi connectivity index (χ1v) is 6.53. The van der Waals surface area contributed by atoms with Crippen LogP contribution in [0.2, 0.25) is 0 Å². The molecule has 0 spiro atoms. The summed E-state index contributed by atoms with van der Waals surface area (Å²) in [6, 6.07) is 7.55. The van der Waals surface area contributed by atoms with Gasteiger partial charge in [-0.05, 0) is 57.0 Å². The second-order valence-corrected chi connectivity index (χ2v) is 5.48. The van der Waals surface area contributed by atoms with Gasteiger partial charge >= 0.3 is 0 Å². The lowest BCUT2D eigenvalue weighted by Gasteiger charge is -2.36. The first-order chi connectivity index (χ1) is 8.10. The number of rotatable bonds is 2. The topological polar surface area (TPSA) is 15.3 Å². The number of piperidine rings is 1. The maximum Gasteiger partial charge on any atom is 0.0198 e. The van der Waals surface area contributed by atoms with Crippen molar-refractivity contribution in [1.29, 1.82) is 0 Å². The summed E-state index contributed by atoms with van der Waals surface area (Å²) >= 11 is 0. The standard InChI is InChI=1S/C15H24N2/c1-11-5-6-13(7-12(11)2)14-8-15(16-3)10-17(4)9-14/h5-7,14-16H,8-10H2,1-4H3. The quantitative estimate of drug-likeness (QED) is 0.842. The average Bonchev–Trinajstić information content (AvgIpc) is 2.32. The Morgan fingerprint density at radius 2 is 1.94 bits per heavy atom. The molecule has 2 rings (SSSR count). The van der Waals surface area contributed by atoms with E-state index in [1.807, 2.05) is 0 Å². The molecule has 0 amide bonds. The van der Waals surface area contributed by atoms with Gasteiger partial charge in [0.15, 0.2) is 0 Å². The van der Waals surface area contributed by atoms with Crippen LogP contribution in [0.1, 0.15) is 29.0 Å². The van der Waals surface area contributed by atoms with Crippen molar-refractivity contribution in [3.8, 4) is 0 Å². The van der Waals surface area contributed by atoms with Crippen LogP contribution in [0.25, 0.3) is 0 Å². The summed E-state index contributed by atoms with van der Waals surface area (Å²) in [5.41, 5.74) is 4.31. The van der Waals surface area contributed by atoms with Gasteiger partial charge in [-0.1, -0.05) is 18.2 Å². The lowest BCUT2D eigenvalue weighted by atomic mass is 9.87. The third kappa shape index (κ3) is 2.88. The van der Waals surface area contributed by atoms with Crippen LogP contribution in [0.4, 0.5) is 0 Å². The van der Waals surface area contributed by atoms with Crippen molar-refractivity contribution in [3.05, 3.63) is 34.9 Å². The molecule has 1 saturated heterocycles. The van der Waals surface area contributed by atoms with E-state index >= 15 is 0 Å². The molecule has 1 aliphatic heterocycles. The maximum absolute atomic E-state index is 3.42. The van der Waals surface area contributed by atoms with Crippen molar-refractivity contribution in [1.82, 2.24) is 10.2 Å². The molecule has 94 valence electrons. The molecule has 1 aromatic rings. The van der Waals surface area contributed by atoms with Crippen molar-refractivity contribution in [2.75, 3.05) is 27.2 Å². The van der Waals surface area contributed by atoms with Gasteiger partial charge < -0.3 is 10.2 Å². The highest BCUT2D eigenvalue weighted by atomic mass is 15.1. The highest BCUT2D eigenvalue weighted by Crippen LogP contribution is 2.27. The Labute approximate surface area is 105 Å². The van der Waals surface area contributed by atoms with E-state index in [2.05, 4.69) is 56.4 Å². The molecule has 2 atom stereocenters. The molecule has 0 aromatic heterocycles. The van der Waals surface area contributed by atoms with Crippen molar-refractivity contribution in [2.24, 2.45) is 0 Å². The van der Waals surface area contributed by atoms with Gasteiger partial charge in [0.2, 0.25) is 0 Å². The van der Waals surface area contributed by atoms with Gasteiger partial charge in [0, 0.05) is 19.1 Å². The molecule has 0 saturated carbocycles. The minimum atomic E-state index is 0.625. The predicted octanol–water partition coefficient (Wildman–Crippen LogP) is 2.31. The van der Waals surface area contributed by atoms with Gasteiger partial charge in [0.25, 0.3) is 0 Å². The summed E-state index contributed by atoms with van der Waals surface area (Å²) in [5, 5.41) is 3.42. The molecule has 0 bridgehead atoms. The second kappa shape index (κ2) is 5.19. The number of hydrogen-bond donors (Lipinski definition) is 1. The van der Waals surface area contributed by atoms with Gasteiger partial charge in [-0.3, -0.25) is 0 Å². The summed E-state index contributed by atoms with van der Waals surface area (Å²) in [4.78, 5) is 2.44. The minimum Gasteiger partial charge on any atom is -0.316 e. The number of benzene rings is 1. The Morgan fingerprint density at radius 1 is 1.18 bits per heavy atom. The summed E-state index contributed by atoms with van der Waals surface area (Å²) in [5.74, 6) is 0.672. The summed E-state index contributed by atoms with van der Waals surface area (Å²) in [7, 11) is 4.29. The Hall–Kier alpha value is -0.860. The Morgan fingerprint density at radius 3 is 2.59 bits per heavy atom. The second-order valence-electron chi connectivity index (χ2n) is 5.48. The lowest BCUT2D eigenvalue weighted by molar-refractivity contribution is 0.210. The molecule has 1 N–H and O–H groups in total. The van der Waals surface area contributed by atoms with E-state index in [0.29, 0.717) is 12.0 Å². The van der Waals surface area contributed by atoms with Gasteiger partial charge in [-0.2, -0.15) is 0 Å². The molecule has 17 heavy (non-hydrogen) atoms. The first kappa shape index (κ1) is 12.6. The van der Waals surface area contributed by atoms with Crippen LogP contribution in [0, 0.1) is 13.8 Å². The smallest absolute Gasteiger partial charge is 0.0198 e. The molecule has 2 nitrogen and oxygen atoms in total. The van der Waals surface area contributed by atoms with Crippen LogP contribution in [0.5, 0.6) is 0 Å². The number of nitrogens with zero attached hydrogens (tertiary/aromatic N) is 1. The van der Waals surface area contributed by atoms with Crippen LogP contribution in [-0.2, 0) is 0 Å². The molecule has 0 aliphatic carbocycles. The normalized spacial score (nSPS) is 26.1. The van der Waals surface area contributed by atoms with Crippen LogP contribution >= 0.6 is 0 Å². The summed E-state index contributed by atoms with van der Waals surface area (Å²) in [6.45, 7) is 6.74. The molecule has 1 aliphatic rings. The van der Waals surface area contributed by atoms with E-state index in [9.17, 15) is 0 Å². The number of likely N-dealkylation sites (N-methyl/N-ethyl adjacent to an activating group) is 2. The van der Waals surface area contributed by atoms with Crippen LogP contribution in [0.3, 0.4) is 0 Å². The molecule has 1 heterocycles. The monoisotopic (exact) mass is 232 g/mol. The molecular formula is C15H24N2. The molecular weight excluding hydrogens is 208 g/mol. The van der Waals surface area contributed by atoms with E-state index in [-0.39, 0.29) is 0 Å². The number of likely N-dealkylation sites (tertiary alicyclic amines) is 1. The van der Waals surface area contributed by atoms with Crippen molar-refractivity contribution >= 4 is 0 Å². The van der Waals surface area contributed by atoms with Crippen molar-refractivity contribution < 1.29 is 0 Å². The van der Waals surface area contributed by atoms with Crippen LogP contribution < -0.4 is 5.32 Å². The van der Waals surface area contributed by atoms with Crippen molar-refractivity contribution in [3.63, 3.8) is 0 Å². The fraction of sp³-hybridized carbons (Fsp3) is 0.600. The third-order valence-corrected chi connectivity index (χ3v) is 4.04. The Kier molecular flexibility index (Phi) is 3.85. The zero-order valence-corrected chi connectivity index (χ0v) is 11.5. The zero-order valence-electron chi connectivity index (χ0n) is 11.5. The molecule has 1 aromatic carbocycles. The molecule has 1 fully saturated rings. The van der Waals surface area contributed by atoms with E-state index in [0.717, 1.165) is 6.54 Å². The highest BCUT2D eigenvalue weighted by molar-refractivity contribution is 5.32. The largest absolute Gasteiger partial charge is 0.316 e. The van der Waals surface area contributed by atoms with E-state index in [1.54, 1.807) is 0 Å². The Balaban J connectivity index is 2.17. The van der Waals surface area contributed by atoms with Gasteiger partial charge in [-0.25, -0.2) is 0 Å².